The van der Waals surface area contributed by atoms with Gasteiger partial charge in [0.25, 0.3) is 5.91 Å². The fourth-order valence-electron chi connectivity index (χ4n) is 5.50. The van der Waals surface area contributed by atoms with Gasteiger partial charge < -0.3 is 15.0 Å². The molecule has 0 spiro atoms. The maximum Gasteiger partial charge on any atom is 0.573 e. The van der Waals surface area contributed by atoms with Crippen LogP contribution in [-0.2, 0) is 16.1 Å². The number of carbonyl (C=O) groups is 3. The number of alkyl halides is 3. The van der Waals surface area contributed by atoms with Crippen molar-refractivity contribution in [2.24, 2.45) is 0 Å². The second-order valence-electron chi connectivity index (χ2n) is 10.0. The minimum Gasteiger partial charge on any atom is -0.404 e. The lowest BCUT2D eigenvalue weighted by atomic mass is 10.1. The largest absolute Gasteiger partial charge is 0.573 e. The quantitative estimate of drug-likeness (QED) is 0.304. The first kappa shape index (κ1) is 27.9. The molecule has 4 amide bonds. The topological polar surface area (TPSA) is 82.2 Å². The monoisotopic (exact) mass is 580 g/mol. The second kappa shape index (κ2) is 10.7. The van der Waals surface area contributed by atoms with Crippen molar-refractivity contribution < 1.29 is 36.7 Å². The summed E-state index contributed by atoms with van der Waals surface area (Å²) in [7, 11) is 0. The molecule has 40 heavy (non-hydrogen) atoms. The molecule has 5 rings (SSSR count). The number of anilines is 1. The summed E-state index contributed by atoms with van der Waals surface area (Å²) in [5.41, 5.74) is 0.849. The van der Waals surface area contributed by atoms with Crippen LogP contribution in [0.2, 0.25) is 5.02 Å². The molecule has 212 valence electrons. The van der Waals surface area contributed by atoms with Crippen molar-refractivity contribution in [3.05, 3.63) is 64.4 Å². The molecule has 3 heterocycles. The molecule has 3 fully saturated rings. The summed E-state index contributed by atoms with van der Waals surface area (Å²) in [6, 6.07) is 6.47. The Bertz CT molecular complexity index is 1350. The molecule has 2 aromatic rings. The lowest BCUT2D eigenvalue weighted by molar-refractivity contribution is -0.274. The molecule has 8 nitrogen and oxygen atoms in total. The van der Waals surface area contributed by atoms with E-state index in [1.54, 1.807) is 17.0 Å². The lowest BCUT2D eigenvalue weighted by Crippen LogP contribution is -2.55. The average Bonchev–Trinajstić information content (AvgIpc) is 3.29. The van der Waals surface area contributed by atoms with Crippen molar-refractivity contribution >= 4 is 41.2 Å². The van der Waals surface area contributed by atoms with Gasteiger partial charge in [-0.15, -0.1) is 13.2 Å². The van der Waals surface area contributed by atoms with Crippen molar-refractivity contribution in [2.75, 3.05) is 18.0 Å². The Balaban J connectivity index is 1.37. The Morgan fingerprint density at radius 3 is 2.35 bits per heavy atom. The molecule has 2 aromatic carbocycles. The first-order chi connectivity index (χ1) is 18.9. The van der Waals surface area contributed by atoms with Crippen LogP contribution >= 0.6 is 11.6 Å². The minimum absolute atomic E-state index is 0.0307. The Morgan fingerprint density at radius 2 is 1.77 bits per heavy atom. The van der Waals surface area contributed by atoms with E-state index < -0.39 is 35.1 Å². The number of urea groups is 1. The molecule has 3 atom stereocenters. The minimum atomic E-state index is -5.04. The van der Waals surface area contributed by atoms with Crippen molar-refractivity contribution in [3.8, 4) is 5.75 Å². The van der Waals surface area contributed by atoms with Gasteiger partial charge >= 0.3 is 12.4 Å². The van der Waals surface area contributed by atoms with Gasteiger partial charge in [-0.3, -0.25) is 14.5 Å². The Hall–Kier alpha value is -3.64. The number of nitrogens with one attached hydrogen (secondary N) is 1. The van der Waals surface area contributed by atoms with E-state index in [4.69, 9.17) is 11.6 Å². The molecule has 13 heteroatoms. The number of nitrogens with zero attached hydrogens (tertiary/aromatic N) is 3. The number of hydrogen-bond acceptors (Lipinski definition) is 5. The fourth-order valence-corrected chi connectivity index (χ4v) is 5.69. The highest BCUT2D eigenvalue weighted by Crippen LogP contribution is 2.38. The van der Waals surface area contributed by atoms with Gasteiger partial charge in [-0.1, -0.05) is 23.7 Å². The Morgan fingerprint density at radius 1 is 1.12 bits per heavy atom. The van der Waals surface area contributed by atoms with Crippen molar-refractivity contribution in [1.82, 2.24) is 15.1 Å². The molecule has 0 radical (unpaired) electrons. The first-order valence-electron chi connectivity index (χ1n) is 12.6. The van der Waals surface area contributed by atoms with Crippen LogP contribution < -0.4 is 15.0 Å². The third-order valence-electron chi connectivity index (χ3n) is 7.22. The highest BCUT2D eigenvalue weighted by Gasteiger charge is 2.42. The normalized spacial score (nSPS) is 23.3. The highest BCUT2D eigenvalue weighted by atomic mass is 35.5. The number of ether oxygens (including phenoxy) is 1. The molecule has 3 saturated heterocycles. The number of fused-ring (bicyclic) bond motifs is 2. The smallest absolute Gasteiger partial charge is 0.404 e. The zero-order chi connectivity index (χ0) is 28.8. The van der Waals surface area contributed by atoms with E-state index >= 15 is 0 Å². The molecular formula is C27H25ClF4N4O4. The Labute approximate surface area is 232 Å². The summed E-state index contributed by atoms with van der Waals surface area (Å²) in [4.78, 5) is 43.1. The van der Waals surface area contributed by atoms with E-state index in [-0.39, 0.29) is 35.1 Å². The summed E-state index contributed by atoms with van der Waals surface area (Å²) < 4.78 is 56.1. The number of piperazine rings is 1. The second-order valence-corrected chi connectivity index (χ2v) is 10.4. The maximum absolute atomic E-state index is 13.3. The number of amides is 4. The summed E-state index contributed by atoms with van der Waals surface area (Å²) in [6.45, 7) is 3.31. The number of likely N-dealkylation sites (tertiary alicyclic amines) is 1. The van der Waals surface area contributed by atoms with Crippen LogP contribution in [0.25, 0.3) is 6.08 Å². The summed E-state index contributed by atoms with van der Waals surface area (Å²) in [5.74, 6) is -2.02. The number of carbonyl (C=O) groups excluding carboxylic acids is 3. The van der Waals surface area contributed by atoms with Gasteiger partial charge in [0.1, 0.15) is 17.6 Å². The van der Waals surface area contributed by atoms with E-state index in [0.29, 0.717) is 19.6 Å². The maximum atomic E-state index is 13.3. The number of rotatable bonds is 6. The predicted molar refractivity (Wildman–Crippen MR) is 138 cm³/mol. The van der Waals surface area contributed by atoms with Gasteiger partial charge in [-0.2, -0.15) is 0 Å². The average molecular weight is 581 g/mol. The van der Waals surface area contributed by atoms with Crippen LogP contribution in [0.15, 0.2) is 42.5 Å². The zero-order valence-corrected chi connectivity index (χ0v) is 22.0. The van der Waals surface area contributed by atoms with Gasteiger partial charge in [0.15, 0.2) is 0 Å². The lowest BCUT2D eigenvalue weighted by Gasteiger charge is -2.40. The number of benzene rings is 2. The van der Waals surface area contributed by atoms with Crippen molar-refractivity contribution in [2.45, 2.75) is 50.8 Å². The van der Waals surface area contributed by atoms with Gasteiger partial charge in [0.05, 0.1) is 10.7 Å². The number of halogens is 5. The van der Waals surface area contributed by atoms with Crippen LogP contribution in [-0.4, -0.2) is 65.2 Å². The first-order valence-corrected chi connectivity index (χ1v) is 13.0. The van der Waals surface area contributed by atoms with Crippen LogP contribution in [0.1, 0.15) is 30.9 Å². The molecular weight excluding hydrogens is 556 g/mol. The van der Waals surface area contributed by atoms with Gasteiger partial charge in [-0.05, 0) is 55.7 Å². The molecule has 2 unspecified atom stereocenters. The Kier molecular flexibility index (Phi) is 7.49. The molecule has 0 saturated carbocycles. The molecule has 3 aliphatic rings. The zero-order valence-electron chi connectivity index (χ0n) is 21.3. The third kappa shape index (κ3) is 5.78. The molecule has 2 bridgehead atoms. The van der Waals surface area contributed by atoms with Crippen molar-refractivity contribution in [3.63, 3.8) is 0 Å². The van der Waals surface area contributed by atoms with E-state index in [1.807, 2.05) is 0 Å². The predicted octanol–water partition coefficient (Wildman–Crippen LogP) is 4.71. The standard InChI is InChI=1S/C27H25ClF4N4O4/c1-15-25(38)36(26(39)33-15)22-11-21(28)23(40-27(30,31)32)10-17(22)4-9-24(37)35-19-7-8-20(35)14-34(13-19)12-16-2-5-18(29)6-3-16/h2-6,9-11,15,19-20H,7-8,12-14H2,1H3,(H,33,39)/t15-,19?,20?/m0/s1. The highest BCUT2D eigenvalue weighted by molar-refractivity contribution is 6.33. The molecule has 0 aromatic heterocycles. The summed E-state index contributed by atoms with van der Waals surface area (Å²) >= 11 is 6.01. The third-order valence-corrected chi connectivity index (χ3v) is 7.51. The molecule has 0 aliphatic carbocycles. The van der Waals surface area contributed by atoms with Crippen LogP contribution in [0.5, 0.6) is 5.75 Å². The van der Waals surface area contributed by atoms with Gasteiger partial charge in [-0.25, -0.2) is 14.1 Å². The van der Waals surface area contributed by atoms with Gasteiger partial charge in [0, 0.05) is 43.4 Å². The molecule has 1 N–H and O–H groups in total. The van der Waals surface area contributed by atoms with Crippen molar-refractivity contribution in [1.29, 1.82) is 0 Å². The van der Waals surface area contributed by atoms with Crippen LogP contribution in [0, 0.1) is 5.82 Å². The van der Waals surface area contributed by atoms with Crippen LogP contribution in [0.4, 0.5) is 28.0 Å². The fraction of sp³-hybridized carbons (Fsp3) is 0.370. The SMILES string of the molecule is C[C@@H]1NC(=O)N(c2cc(Cl)c(OC(F)(F)F)cc2C=CC(=O)N2C3CCC2CN(Cc2ccc(F)cc2)C3)C1=O. The number of hydrogen-bond donors (Lipinski definition) is 1. The van der Waals surface area contributed by atoms with E-state index in [2.05, 4.69) is 15.0 Å². The van der Waals surface area contributed by atoms with Crippen LogP contribution in [0.3, 0.4) is 0 Å². The molecule has 3 aliphatic heterocycles. The van der Waals surface area contributed by atoms with E-state index in [0.717, 1.165) is 35.4 Å². The van der Waals surface area contributed by atoms with E-state index in [1.165, 1.54) is 31.2 Å². The van der Waals surface area contributed by atoms with Gasteiger partial charge in [0.2, 0.25) is 5.91 Å². The van der Waals surface area contributed by atoms with E-state index in [9.17, 15) is 31.9 Å². The number of imide groups is 1. The summed E-state index contributed by atoms with van der Waals surface area (Å²) in [6.07, 6.45) is -0.983. The summed E-state index contributed by atoms with van der Waals surface area (Å²) in [5, 5.41) is 1.97.